The zero-order valence-corrected chi connectivity index (χ0v) is 49.1. The molecule has 0 fully saturated rings. The van der Waals surface area contributed by atoms with Gasteiger partial charge >= 0.3 is 6.18 Å². The molecule has 6 aromatic heterocycles. The van der Waals surface area contributed by atoms with Gasteiger partial charge in [-0.3, -0.25) is 19.9 Å². The highest BCUT2D eigenvalue weighted by molar-refractivity contribution is 6.14. The maximum absolute atomic E-state index is 18.2. The summed E-state index contributed by atoms with van der Waals surface area (Å²) in [5.41, 5.74) is 14.8. The highest BCUT2D eigenvalue weighted by atomic mass is 19.4. The Kier molecular flexibility index (Phi) is 13.6. The number of halogens is 3. The smallest absolute Gasteiger partial charge is 0.309 e. The first-order chi connectivity index (χ1) is 45.3. The minimum absolute atomic E-state index is 0.106. The summed E-state index contributed by atoms with van der Waals surface area (Å²) in [6, 6.07) is 91.8. The van der Waals surface area contributed by atoms with E-state index in [-0.39, 0.29) is 16.9 Å². The molecule has 0 atom stereocenters. The van der Waals surface area contributed by atoms with Crippen LogP contribution in [0.1, 0.15) is 11.1 Å². The monoisotopic (exact) mass is 1190 g/mol. The number of hydrogen-bond donors (Lipinski definition) is 0. The van der Waals surface area contributed by atoms with Gasteiger partial charge in [0.1, 0.15) is 5.56 Å². The molecule has 92 heavy (non-hydrogen) atoms. The van der Waals surface area contributed by atoms with Crippen LogP contribution in [0.4, 0.5) is 13.2 Å². The van der Waals surface area contributed by atoms with Crippen molar-refractivity contribution < 1.29 is 13.2 Å². The van der Waals surface area contributed by atoms with Crippen molar-refractivity contribution in [1.82, 2.24) is 29.1 Å². The number of pyridine rings is 4. The van der Waals surface area contributed by atoms with Gasteiger partial charge in [-0.05, 0) is 94.5 Å². The molecule has 434 valence electrons. The van der Waals surface area contributed by atoms with Gasteiger partial charge in [0.05, 0.1) is 67.8 Å². The lowest BCUT2D eigenvalue weighted by molar-refractivity contribution is -0.137. The van der Waals surface area contributed by atoms with Gasteiger partial charge in [0, 0.05) is 96.4 Å². The molecule has 7 nitrogen and oxygen atoms in total. The zero-order valence-electron chi connectivity index (χ0n) is 49.1. The van der Waals surface area contributed by atoms with Crippen molar-refractivity contribution in [2.75, 3.05) is 0 Å². The quantitative estimate of drug-likeness (QED) is 0.129. The Morgan fingerprint density at radius 1 is 0.293 bits per heavy atom. The molecule has 6 heterocycles. The van der Waals surface area contributed by atoms with E-state index in [1.807, 2.05) is 247 Å². The number of nitriles is 1. The Labute approximate surface area is 527 Å². The van der Waals surface area contributed by atoms with Gasteiger partial charge in [0.15, 0.2) is 0 Å². The molecule has 16 rings (SSSR count). The van der Waals surface area contributed by atoms with Gasteiger partial charge in [0.2, 0.25) is 0 Å². The van der Waals surface area contributed by atoms with Crippen molar-refractivity contribution in [3.63, 3.8) is 0 Å². The topological polar surface area (TPSA) is 85.2 Å². The number of hydrogen-bond acceptors (Lipinski definition) is 5. The molecule has 0 N–H and O–H groups in total. The van der Waals surface area contributed by atoms with Gasteiger partial charge < -0.3 is 9.13 Å². The first kappa shape index (κ1) is 55.0. The second-order valence-corrected chi connectivity index (χ2v) is 22.7. The van der Waals surface area contributed by atoms with Gasteiger partial charge in [-0.1, -0.05) is 212 Å². The number of nitrogens with zero attached hydrogens (tertiary/aromatic N) is 7. The van der Waals surface area contributed by atoms with Crippen LogP contribution in [-0.2, 0) is 6.18 Å². The highest BCUT2D eigenvalue weighted by Crippen LogP contribution is 2.50. The van der Waals surface area contributed by atoms with E-state index in [2.05, 4.69) is 6.07 Å². The Balaban J connectivity index is 1.05. The van der Waals surface area contributed by atoms with E-state index in [0.717, 1.165) is 111 Å². The van der Waals surface area contributed by atoms with Gasteiger partial charge in [-0.15, -0.1) is 0 Å². The molecular weight excluding hydrogens is 1140 g/mol. The molecule has 10 aromatic carbocycles. The Bertz CT molecular complexity index is 5300. The van der Waals surface area contributed by atoms with E-state index in [1.54, 1.807) is 65.8 Å². The normalized spacial score (nSPS) is 11.6. The van der Waals surface area contributed by atoms with Gasteiger partial charge in [-0.25, -0.2) is 0 Å². The average molecular weight is 1190 g/mol. The number of aromatic nitrogens is 6. The van der Waals surface area contributed by atoms with Crippen LogP contribution in [0.5, 0.6) is 0 Å². The van der Waals surface area contributed by atoms with Crippen molar-refractivity contribution in [2.45, 2.75) is 6.18 Å². The van der Waals surface area contributed by atoms with E-state index in [4.69, 9.17) is 19.9 Å². The van der Waals surface area contributed by atoms with Crippen LogP contribution in [0.3, 0.4) is 0 Å². The molecule has 0 radical (unpaired) electrons. The molecule has 0 aliphatic rings. The minimum atomic E-state index is -5.05. The van der Waals surface area contributed by atoms with Crippen LogP contribution in [0.25, 0.3) is 156 Å². The van der Waals surface area contributed by atoms with Crippen molar-refractivity contribution in [3.8, 4) is 118 Å². The molecule has 0 aliphatic heterocycles. The Hall–Kier alpha value is -12.3. The summed E-state index contributed by atoms with van der Waals surface area (Å²) in [6.45, 7) is 0. The van der Waals surface area contributed by atoms with Crippen molar-refractivity contribution >= 4 is 43.6 Å². The third-order valence-electron chi connectivity index (χ3n) is 17.4. The molecule has 0 saturated carbocycles. The number of benzene rings is 10. The zero-order chi connectivity index (χ0) is 61.9. The lowest BCUT2D eigenvalue weighted by Crippen LogP contribution is -2.17. The van der Waals surface area contributed by atoms with E-state index in [0.29, 0.717) is 33.2 Å². The molecule has 0 aliphatic carbocycles. The molecule has 0 spiro atoms. The number of alkyl halides is 3. The van der Waals surface area contributed by atoms with Crippen molar-refractivity contribution in [1.29, 1.82) is 5.26 Å². The van der Waals surface area contributed by atoms with Gasteiger partial charge in [-0.2, -0.15) is 18.4 Å². The second kappa shape index (κ2) is 22.7. The molecule has 0 amide bonds. The van der Waals surface area contributed by atoms with E-state index in [9.17, 15) is 5.26 Å². The molecule has 16 aromatic rings. The van der Waals surface area contributed by atoms with Crippen LogP contribution >= 0.6 is 0 Å². The molecule has 10 heteroatoms. The average Bonchev–Trinajstić information content (AvgIpc) is 1.73. The molecule has 0 saturated heterocycles. The third-order valence-corrected chi connectivity index (χ3v) is 17.4. The maximum atomic E-state index is 18.2. The summed E-state index contributed by atoms with van der Waals surface area (Å²) in [5.74, 6) is 0. The fraction of sp³-hybridized carbons (Fsp3) is 0.0122. The predicted octanol–water partition coefficient (Wildman–Crippen LogP) is 21.4. The fourth-order valence-electron chi connectivity index (χ4n) is 13.3. The van der Waals surface area contributed by atoms with E-state index < -0.39 is 11.7 Å². The van der Waals surface area contributed by atoms with Crippen molar-refractivity contribution in [3.05, 3.63) is 315 Å². The Morgan fingerprint density at radius 3 is 0.957 bits per heavy atom. The standard InChI is InChI=1S/C82H50F3N7/c83-82(84,85)76-71(91-72-47-58(62-28-14-42-87-77(62)53-19-5-1-6-20-53)32-36-67(72)68-37-33-59(48-73(68)91)63-29-15-43-88-78(63)54-21-7-2-8-22-54)41-40-66(57-27-13-18-52(46-57)51-86)81(76)92-74-49-60(64-30-16-44-89-79(64)55-23-9-3-10-24-55)34-38-69(74)70-39-35-61(50-75(70)92)65-31-17-45-90-80(65)56-25-11-4-12-26-56/h1-50H. The van der Waals surface area contributed by atoms with Crippen molar-refractivity contribution in [2.24, 2.45) is 0 Å². The van der Waals surface area contributed by atoms with Crippen LogP contribution < -0.4 is 0 Å². The number of fused-ring (bicyclic) bond motifs is 6. The Morgan fingerprint density at radius 2 is 0.620 bits per heavy atom. The summed E-state index contributed by atoms with van der Waals surface area (Å²) in [6.07, 6.45) is 1.98. The number of rotatable bonds is 11. The largest absolute Gasteiger partial charge is 0.420 e. The fourth-order valence-corrected chi connectivity index (χ4v) is 13.3. The van der Waals surface area contributed by atoms with Crippen LogP contribution in [0.2, 0.25) is 0 Å². The lowest BCUT2D eigenvalue weighted by Gasteiger charge is -2.25. The maximum Gasteiger partial charge on any atom is 0.420 e. The second-order valence-electron chi connectivity index (χ2n) is 22.7. The SMILES string of the molecule is N#Cc1cccc(-c2ccc(-n3c4cc(-c5cccnc5-c5ccccc5)ccc4c4ccc(-c5cccnc5-c5ccccc5)cc43)c(C(F)(F)F)c2-n2c3cc(-c4cccnc4-c4ccccc4)ccc3c3ccc(-c4cccnc4-c4ccccc4)cc32)c1. The van der Waals surface area contributed by atoms with Crippen LogP contribution in [0.15, 0.2) is 304 Å². The summed E-state index contributed by atoms with van der Waals surface area (Å²) in [7, 11) is 0. The summed E-state index contributed by atoms with van der Waals surface area (Å²) >= 11 is 0. The lowest BCUT2D eigenvalue weighted by atomic mass is 9.95. The summed E-state index contributed by atoms with van der Waals surface area (Å²) < 4.78 is 58.1. The summed E-state index contributed by atoms with van der Waals surface area (Å²) in [5, 5.41) is 13.5. The molecule has 0 unspecified atom stereocenters. The van der Waals surface area contributed by atoms with Gasteiger partial charge in [0.25, 0.3) is 0 Å². The molecular formula is C82H50F3N7. The molecule has 0 bridgehead atoms. The first-order valence-electron chi connectivity index (χ1n) is 30.2. The van der Waals surface area contributed by atoms with Crippen LogP contribution in [0, 0.1) is 11.3 Å². The van der Waals surface area contributed by atoms with Crippen LogP contribution in [-0.4, -0.2) is 29.1 Å². The highest BCUT2D eigenvalue weighted by Gasteiger charge is 2.41. The van der Waals surface area contributed by atoms with E-state index in [1.165, 1.54) is 0 Å². The minimum Gasteiger partial charge on any atom is -0.309 e. The third kappa shape index (κ3) is 9.55. The predicted molar refractivity (Wildman–Crippen MR) is 365 cm³/mol. The summed E-state index contributed by atoms with van der Waals surface area (Å²) in [4.78, 5) is 19.6. The first-order valence-corrected chi connectivity index (χ1v) is 30.2. The van der Waals surface area contributed by atoms with E-state index >= 15 is 13.2 Å².